The molecule has 4 heteroatoms. The van der Waals surface area contributed by atoms with Crippen LogP contribution in [-0.2, 0) is 11.3 Å². The van der Waals surface area contributed by atoms with Crippen molar-refractivity contribution in [2.24, 2.45) is 5.92 Å². The van der Waals surface area contributed by atoms with Crippen LogP contribution in [-0.4, -0.2) is 19.6 Å². The van der Waals surface area contributed by atoms with Crippen LogP contribution < -0.4 is 10.1 Å². The molecule has 26 heavy (non-hydrogen) atoms. The van der Waals surface area contributed by atoms with E-state index in [1.165, 1.54) is 32.1 Å². The zero-order chi connectivity index (χ0) is 18.2. The fraction of sp³-hybridized carbons (Fsp3) is 0.409. The van der Waals surface area contributed by atoms with Gasteiger partial charge in [-0.15, -0.1) is 0 Å². The molecule has 2 aromatic rings. The van der Waals surface area contributed by atoms with Gasteiger partial charge in [-0.2, -0.15) is 0 Å². The monoisotopic (exact) mass is 353 g/mol. The van der Waals surface area contributed by atoms with Crippen molar-refractivity contribution in [2.75, 3.05) is 19.0 Å². The van der Waals surface area contributed by atoms with Gasteiger partial charge < -0.3 is 14.8 Å². The number of methoxy groups -OCH3 is 1. The van der Waals surface area contributed by atoms with E-state index in [0.29, 0.717) is 18.1 Å². The van der Waals surface area contributed by atoms with E-state index in [-0.39, 0.29) is 5.91 Å². The molecular formula is C22H27NO3. The first-order valence-electron chi connectivity index (χ1n) is 9.37. The highest BCUT2D eigenvalue weighted by atomic mass is 16.5. The van der Waals surface area contributed by atoms with Gasteiger partial charge in [0.15, 0.2) is 0 Å². The fourth-order valence-corrected chi connectivity index (χ4v) is 3.42. The number of benzene rings is 2. The van der Waals surface area contributed by atoms with Gasteiger partial charge in [0.05, 0.1) is 13.2 Å². The van der Waals surface area contributed by atoms with E-state index >= 15 is 0 Å². The highest BCUT2D eigenvalue weighted by molar-refractivity contribution is 6.05. The summed E-state index contributed by atoms with van der Waals surface area (Å²) in [5.41, 5.74) is 2.26. The summed E-state index contributed by atoms with van der Waals surface area (Å²) in [6, 6.07) is 15.1. The summed E-state index contributed by atoms with van der Waals surface area (Å²) in [7, 11) is 1.63. The molecule has 0 aromatic heterocycles. The molecule has 0 spiro atoms. The number of anilines is 1. The van der Waals surface area contributed by atoms with E-state index in [2.05, 4.69) is 5.32 Å². The van der Waals surface area contributed by atoms with Crippen molar-refractivity contribution in [2.45, 2.75) is 38.7 Å². The molecule has 1 N–H and O–H groups in total. The van der Waals surface area contributed by atoms with Gasteiger partial charge in [0, 0.05) is 18.4 Å². The van der Waals surface area contributed by atoms with E-state index in [4.69, 9.17) is 9.47 Å². The molecule has 0 bridgehead atoms. The number of hydrogen-bond acceptors (Lipinski definition) is 3. The Bertz CT molecular complexity index is 706. The van der Waals surface area contributed by atoms with E-state index in [1.807, 2.05) is 48.5 Å². The lowest BCUT2D eigenvalue weighted by atomic mass is 9.90. The Morgan fingerprint density at radius 1 is 1.04 bits per heavy atom. The highest BCUT2D eigenvalue weighted by Crippen LogP contribution is 2.25. The number of carbonyl (C=O) groups is 1. The summed E-state index contributed by atoms with van der Waals surface area (Å²) < 4.78 is 11.1. The molecule has 1 aliphatic rings. The smallest absolute Gasteiger partial charge is 0.256 e. The van der Waals surface area contributed by atoms with E-state index in [0.717, 1.165) is 23.6 Å². The van der Waals surface area contributed by atoms with Gasteiger partial charge in [-0.1, -0.05) is 37.5 Å². The molecular weight excluding hydrogens is 326 g/mol. The molecule has 0 aliphatic heterocycles. The van der Waals surface area contributed by atoms with Crippen LogP contribution in [0.1, 0.15) is 48.0 Å². The van der Waals surface area contributed by atoms with E-state index in [9.17, 15) is 4.79 Å². The molecule has 3 rings (SSSR count). The highest BCUT2D eigenvalue weighted by Gasteiger charge is 2.14. The van der Waals surface area contributed by atoms with Gasteiger partial charge in [0.2, 0.25) is 0 Å². The molecule has 2 aromatic carbocycles. The Labute approximate surface area is 155 Å². The first-order chi connectivity index (χ1) is 12.8. The second-order valence-corrected chi connectivity index (χ2v) is 6.88. The number of ether oxygens (including phenoxy) is 2. The molecule has 0 unspecified atom stereocenters. The summed E-state index contributed by atoms with van der Waals surface area (Å²) >= 11 is 0. The molecule has 0 saturated heterocycles. The second kappa shape index (κ2) is 9.39. The van der Waals surface area contributed by atoms with Crippen LogP contribution in [0.3, 0.4) is 0 Å². The van der Waals surface area contributed by atoms with E-state index in [1.54, 1.807) is 7.11 Å². The van der Waals surface area contributed by atoms with Gasteiger partial charge in [-0.3, -0.25) is 4.79 Å². The molecule has 0 heterocycles. The summed E-state index contributed by atoms with van der Waals surface area (Å²) in [5.74, 6) is 1.40. The third-order valence-corrected chi connectivity index (χ3v) is 4.88. The molecule has 1 saturated carbocycles. The molecule has 0 radical (unpaired) electrons. The van der Waals surface area contributed by atoms with Crippen molar-refractivity contribution in [3.8, 4) is 5.75 Å². The van der Waals surface area contributed by atoms with E-state index < -0.39 is 0 Å². The maximum absolute atomic E-state index is 12.5. The van der Waals surface area contributed by atoms with Gasteiger partial charge in [-0.05, 0) is 54.7 Å². The Morgan fingerprint density at radius 3 is 2.50 bits per heavy atom. The third kappa shape index (κ3) is 5.09. The van der Waals surface area contributed by atoms with Gasteiger partial charge in [-0.25, -0.2) is 0 Å². The molecule has 1 aliphatic carbocycles. The van der Waals surface area contributed by atoms with Crippen molar-refractivity contribution < 1.29 is 14.3 Å². The average Bonchev–Trinajstić information content (AvgIpc) is 2.69. The second-order valence-electron chi connectivity index (χ2n) is 6.88. The lowest BCUT2D eigenvalue weighted by Gasteiger charge is -2.21. The molecule has 0 atom stereocenters. The Hall–Kier alpha value is -2.33. The quantitative estimate of drug-likeness (QED) is 0.758. The minimum Gasteiger partial charge on any atom is -0.493 e. The number of amides is 1. The van der Waals surface area contributed by atoms with Crippen molar-refractivity contribution in [3.05, 3.63) is 59.7 Å². The summed E-state index contributed by atoms with van der Waals surface area (Å²) in [5, 5.41) is 2.94. The normalized spacial score (nSPS) is 14.8. The Balaban J connectivity index is 1.56. The molecule has 1 fully saturated rings. The number of rotatable bonds is 7. The van der Waals surface area contributed by atoms with Crippen LogP contribution in [0.4, 0.5) is 5.69 Å². The maximum Gasteiger partial charge on any atom is 0.256 e. The summed E-state index contributed by atoms with van der Waals surface area (Å²) in [4.78, 5) is 12.5. The predicted octanol–water partition coefficient (Wildman–Crippen LogP) is 5.04. The van der Waals surface area contributed by atoms with Crippen LogP contribution >= 0.6 is 0 Å². The largest absolute Gasteiger partial charge is 0.493 e. The van der Waals surface area contributed by atoms with Gasteiger partial charge >= 0.3 is 0 Å². The Morgan fingerprint density at radius 2 is 1.77 bits per heavy atom. The first-order valence-corrected chi connectivity index (χ1v) is 9.37. The molecule has 1 amide bonds. The zero-order valence-electron chi connectivity index (χ0n) is 15.4. The lowest BCUT2D eigenvalue weighted by molar-refractivity contribution is 0.102. The Kier molecular flexibility index (Phi) is 6.67. The van der Waals surface area contributed by atoms with Gasteiger partial charge in [0.25, 0.3) is 5.91 Å². The predicted molar refractivity (Wildman–Crippen MR) is 104 cm³/mol. The zero-order valence-corrected chi connectivity index (χ0v) is 15.4. The van der Waals surface area contributed by atoms with Crippen molar-refractivity contribution in [3.63, 3.8) is 0 Å². The maximum atomic E-state index is 12.5. The van der Waals surface area contributed by atoms with Crippen LogP contribution in [0.25, 0.3) is 0 Å². The molecule has 4 nitrogen and oxygen atoms in total. The standard InChI is InChI=1S/C22H27NO3/c1-25-16-18-9-5-6-10-21(18)22(24)23-19-11-13-20(14-12-19)26-15-17-7-3-2-4-8-17/h5-6,9-14,17H,2-4,7-8,15-16H2,1H3,(H,23,24). The number of nitrogens with one attached hydrogen (secondary N) is 1. The third-order valence-electron chi connectivity index (χ3n) is 4.88. The van der Waals surface area contributed by atoms with Crippen molar-refractivity contribution in [1.29, 1.82) is 0 Å². The topological polar surface area (TPSA) is 47.6 Å². The van der Waals surface area contributed by atoms with Crippen LogP contribution in [0.5, 0.6) is 5.75 Å². The summed E-state index contributed by atoms with van der Waals surface area (Å²) in [6.45, 7) is 1.20. The SMILES string of the molecule is COCc1ccccc1C(=O)Nc1ccc(OCC2CCCCC2)cc1. The minimum atomic E-state index is -0.131. The minimum absolute atomic E-state index is 0.131. The van der Waals surface area contributed by atoms with Gasteiger partial charge in [0.1, 0.15) is 5.75 Å². The van der Waals surface area contributed by atoms with Crippen molar-refractivity contribution >= 4 is 11.6 Å². The van der Waals surface area contributed by atoms with Crippen LogP contribution in [0.2, 0.25) is 0 Å². The fourth-order valence-electron chi connectivity index (χ4n) is 3.42. The first kappa shape index (κ1) is 18.5. The lowest BCUT2D eigenvalue weighted by Crippen LogP contribution is -2.15. The number of carbonyl (C=O) groups excluding carboxylic acids is 1. The summed E-state index contributed by atoms with van der Waals surface area (Å²) in [6.07, 6.45) is 6.55. The molecule has 138 valence electrons. The van der Waals surface area contributed by atoms with Crippen LogP contribution in [0, 0.1) is 5.92 Å². The van der Waals surface area contributed by atoms with Crippen LogP contribution in [0.15, 0.2) is 48.5 Å². The number of hydrogen-bond donors (Lipinski definition) is 1. The average molecular weight is 353 g/mol. The van der Waals surface area contributed by atoms with Crippen molar-refractivity contribution in [1.82, 2.24) is 0 Å².